The molecule has 27 nitrogen and oxygen atoms in total. The number of alkyl halides is 1. The summed E-state index contributed by atoms with van der Waals surface area (Å²) in [6.45, 7) is 16.0. The first-order valence-corrected chi connectivity index (χ1v) is 32.9. The number of imide groups is 1. The van der Waals surface area contributed by atoms with E-state index in [2.05, 4.69) is 31.6 Å². The average molecular weight is 1420 g/mol. The van der Waals surface area contributed by atoms with Crippen molar-refractivity contribution < 1.29 is 77.2 Å². The fraction of sp³-hybridized carbons (Fsp3) is 0.631. The lowest BCUT2D eigenvalue weighted by Crippen LogP contribution is -2.60. The van der Waals surface area contributed by atoms with Crippen LogP contribution < -0.4 is 32.3 Å². The van der Waals surface area contributed by atoms with E-state index >= 15 is 0 Å². The van der Waals surface area contributed by atoms with Crippen LogP contribution in [0.4, 0.5) is 15.3 Å². The van der Waals surface area contributed by atoms with Gasteiger partial charge in [0.05, 0.1) is 40.8 Å². The molecule has 2 saturated heterocycles. The van der Waals surface area contributed by atoms with Gasteiger partial charge in [-0.1, -0.05) is 127 Å². The fourth-order valence-corrected chi connectivity index (χ4v) is 12.2. The number of benzene rings is 2. The van der Waals surface area contributed by atoms with Gasteiger partial charge in [0.25, 0.3) is 0 Å². The minimum absolute atomic E-state index is 0.0444. The molecule has 0 aromatic heterocycles. The average Bonchev–Trinajstić information content (AvgIpc) is 1.67. The third-order valence-electron chi connectivity index (χ3n) is 17.0. The van der Waals surface area contributed by atoms with Crippen LogP contribution in [0.2, 0.25) is 0 Å². The Morgan fingerprint density at radius 3 is 2.02 bits per heavy atom. The Balaban J connectivity index is 1.40. The number of ketones is 1. The Morgan fingerprint density at radius 2 is 1.46 bits per heavy atom. The number of hydrogen-bond donors (Lipinski definition) is 8. The summed E-state index contributed by atoms with van der Waals surface area (Å²) in [5.74, 6) is -6.41. The lowest BCUT2D eigenvalue weighted by atomic mass is 9.89. The van der Waals surface area contributed by atoms with E-state index in [4.69, 9.17) is 19.9 Å². The van der Waals surface area contributed by atoms with Crippen molar-refractivity contribution in [1.82, 2.24) is 40.9 Å². The van der Waals surface area contributed by atoms with Crippen LogP contribution in [0, 0.1) is 23.7 Å². The number of rotatable bonds is 36. The number of nitrogens with one attached hydrogen (secondary N) is 5. The van der Waals surface area contributed by atoms with Gasteiger partial charge in [-0.25, -0.2) is 9.59 Å². The van der Waals surface area contributed by atoms with Gasteiger partial charge in [0, 0.05) is 66.5 Å². The number of hydrogen-bond acceptors (Lipinski definition) is 17. The zero-order valence-electron chi connectivity index (χ0n) is 55.8. The van der Waals surface area contributed by atoms with Gasteiger partial charge in [-0.15, -0.1) is 0 Å². The highest BCUT2D eigenvalue weighted by Gasteiger charge is 2.45. The molecule has 4 rings (SSSR count). The van der Waals surface area contributed by atoms with Crippen LogP contribution >= 0.6 is 22.6 Å². The molecule has 93 heavy (non-hydrogen) atoms. The van der Waals surface area contributed by atoms with E-state index in [1.54, 1.807) is 109 Å². The lowest BCUT2D eigenvalue weighted by Gasteiger charge is -2.41. The number of ether oxygens (including phenoxy) is 3. The molecule has 2 aromatic rings. The zero-order chi connectivity index (χ0) is 69.6. The molecule has 6 unspecified atom stereocenters. The molecule has 2 fully saturated rings. The van der Waals surface area contributed by atoms with Crippen molar-refractivity contribution in [3.05, 3.63) is 65.7 Å². The molecule has 0 aliphatic carbocycles. The van der Waals surface area contributed by atoms with Gasteiger partial charge in [0.2, 0.25) is 53.0 Å². The van der Waals surface area contributed by atoms with Gasteiger partial charge in [0.1, 0.15) is 49.1 Å². The second-order valence-electron chi connectivity index (χ2n) is 24.9. The van der Waals surface area contributed by atoms with E-state index in [0.29, 0.717) is 42.6 Å². The molecule has 11 amide bonds. The number of carbonyl (C=O) groups excluding carboxylic acids is 11. The van der Waals surface area contributed by atoms with Crippen LogP contribution in [-0.4, -0.2) is 214 Å². The molecule has 2 aliphatic rings. The molecule has 28 heteroatoms. The van der Waals surface area contributed by atoms with E-state index in [1.807, 2.05) is 42.5 Å². The van der Waals surface area contributed by atoms with E-state index < -0.39 is 136 Å². The number of likely N-dealkylation sites (N-methyl/N-ethyl adjacent to an activating group) is 2. The van der Waals surface area contributed by atoms with E-state index in [9.17, 15) is 63.0 Å². The molecule has 2 aromatic carbocycles. The summed E-state index contributed by atoms with van der Waals surface area (Å²) in [5.41, 5.74) is 6.65. The molecule has 0 bridgehead atoms. The predicted octanol–water partition coefficient (Wildman–Crippen LogP) is 3.79. The fourth-order valence-electron chi connectivity index (χ4n) is 11.5. The van der Waals surface area contributed by atoms with Crippen molar-refractivity contribution in [2.45, 2.75) is 191 Å². The molecule has 0 saturated carbocycles. The van der Waals surface area contributed by atoms with Crippen molar-refractivity contribution in [3.63, 3.8) is 0 Å². The quantitative estimate of drug-likeness (QED) is 0.0158. The Bertz CT molecular complexity index is 2900. The second-order valence-corrected chi connectivity index (χ2v) is 26.4. The Labute approximate surface area is 559 Å². The first-order valence-electron chi connectivity index (χ1n) is 31.7. The standard InChI is InChI=1S/C65H98IN11O16/c1-14-39(8)55(48(91-12)33-51(81)76-30-19-23-46(76)58(92-13)57(83)47(78)34-69-40(9)56(82)42-20-16-15-17-21-42)74(10)63(88)53(37(4)5)73-61(86)54(38(6)7)75(11)65(90)93-35-41-24-26-43(27-25-41)70-59(84)45(22-18-29-68-64(67)89)71-60(85)52(36(2)3)72-49(79)28-31-77-50(80)32-44(66)62(77)87/h15-17,20-21,24-27,34,36-40,44-46,48,52-58,82-83H,14,18-19,22-23,28-33,35H2,1-13H3,(H,70,84)(H,71,85)(H,72,79)(H,73,86)(H3,67,68,89)/t39-,40+,44?,45-,46?,48+,52?,53?,54?,55?,56+,57+,58-/m0/s1. The minimum Gasteiger partial charge on any atom is -0.445 e. The third kappa shape index (κ3) is 22.5. The summed E-state index contributed by atoms with van der Waals surface area (Å²) in [7, 11) is 5.81. The largest absolute Gasteiger partial charge is 0.445 e. The predicted molar refractivity (Wildman–Crippen MR) is 355 cm³/mol. The van der Waals surface area contributed by atoms with Crippen molar-refractivity contribution in [3.8, 4) is 0 Å². The molecular formula is C65H98IN11O16. The number of methoxy groups -OCH3 is 2. The van der Waals surface area contributed by atoms with Gasteiger partial charge >= 0.3 is 12.1 Å². The number of urea groups is 1. The number of nitrogens with zero attached hydrogens (tertiary/aromatic N) is 5. The van der Waals surface area contributed by atoms with E-state index in [1.165, 1.54) is 26.2 Å². The SMILES string of the molecule is CC[C@H](C)C([C@@H](CC(=O)N1CCCC1[C@H](OC)[C@H](O)C(=O)C=N[C@H](C)[C@@H](O)c1ccccc1)OC)N(C)C(=O)C(NC(=O)C(C(C)C)N(C)C(=O)OCc1ccc(NC(=O)[C@H](CCCNC(N)=O)NC(=O)C(NC(=O)CCN2C(=O)CC(I)C2=O)C(C)C)cc1)C(C)C. The number of carbonyl (C=O) groups is 11. The van der Waals surface area contributed by atoms with Gasteiger partial charge in [-0.3, -0.25) is 57.9 Å². The highest BCUT2D eigenvalue weighted by Crippen LogP contribution is 2.30. The van der Waals surface area contributed by atoms with Gasteiger partial charge in [-0.05, 0) is 79.5 Å². The maximum absolute atomic E-state index is 14.8. The third-order valence-corrected chi connectivity index (χ3v) is 18.0. The molecule has 9 N–H and O–H groups in total. The molecule has 0 radical (unpaired) electrons. The number of halogens is 1. The number of primary amides is 1. The first kappa shape index (κ1) is 78.3. The summed E-state index contributed by atoms with van der Waals surface area (Å²) in [4.78, 5) is 157. The number of Topliss-reactive ketones (excluding diaryl/α,β-unsaturated/α-hetero) is 1. The Kier molecular flexibility index (Phi) is 31.7. The van der Waals surface area contributed by atoms with Gasteiger partial charge in [0.15, 0.2) is 0 Å². The van der Waals surface area contributed by atoms with Crippen LogP contribution in [0.5, 0.6) is 0 Å². The van der Waals surface area contributed by atoms with Crippen LogP contribution in [0.1, 0.15) is 131 Å². The summed E-state index contributed by atoms with van der Waals surface area (Å²) in [6, 6.07) is 7.82. The molecular weight excluding hydrogens is 1320 g/mol. The summed E-state index contributed by atoms with van der Waals surface area (Å²) in [6.07, 6.45) is -3.02. The van der Waals surface area contributed by atoms with Crippen molar-refractivity contribution in [2.24, 2.45) is 34.4 Å². The number of amides is 11. The molecule has 516 valence electrons. The molecule has 2 aliphatic heterocycles. The van der Waals surface area contributed by atoms with Gasteiger partial charge in [-0.2, -0.15) is 0 Å². The van der Waals surface area contributed by atoms with Crippen LogP contribution in [0.15, 0.2) is 59.6 Å². The maximum Gasteiger partial charge on any atom is 0.410 e. The first-order chi connectivity index (χ1) is 43.9. The molecule has 13 atom stereocenters. The molecule has 2 heterocycles. The summed E-state index contributed by atoms with van der Waals surface area (Å²) in [5, 5.41) is 35.6. The van der Waals surface area contributed by atoms with Crippen LogP contribution in [-0.2, 0) is 64.0 Å². The van der Waals surface area contributed by atoms with Crippen LogP contribution in [0.3, 0.4) is 0 Å². The number of aliphatic hydroxyl groups is 2. The normalized spacial score (nSPS) is 18.6. The summed E-state index contributed by atoms with van der Waals surface area (Å²) < 4.78 is 16.9. The highest BCUT2D eigenvalue weighted by atomic mass is 127. The van der Waals surface area contributed by atoms with Crippen LogP contribution in [0.25, 0.3) is 0 Å². The lowest BCUT2D eigenvalue weighted by molar-refractivity contribution is -0.148. The summed E-state index contributed by atoms with van der Waals surface area (Å²) >= 11 is 1.87. The van der Waals surface area contributed by atoms with Gasteiger partial charge < -0.3 is 66.5 Å². The Hall–Kier alpha value is -7.15. The van der Waals surface area contributed by atoms with Crippen molar-refractivity contribution >= 4 is 99.7 Å². The van der Waals surface area contributed by atoms with E-state index in [-0.39, 0.29) is 75.4 Å². The smallest absolute Gasteiger partial charge is 0.410 e. The van der Waals surface area contributed by atoms with E-state index in [0.717, 1.165) is 16.0 Å². The monoisotopic (exact) mass is 1420 g/mol. The Morgan fingerprint density at radius 1 is 0.817 bits per heavy atom. The van der Waals surface area contributed by atoms with Crippen molar-refractivity contribution in [1.29, 1.82) is 0 Å². The highest BCUT2D eigenvalue weighted by molar-refractivity contribution is 14.1. The number of aliphatic imine (C=N–C) groups is 1. The minimum atomic E-state index is -1.68. The number of aliphatic hydroxyl groups excluding tert-OH is 2. The topological polar surface area (TPSA) is 367 Å². The van der Waals surface area contributed by atoms with Crippen molar-refractivity contribution in [2.75, 3.05) is 53.3 Å². The zero-order valence-corrected chi connectivity index (χ0v) is 58.0. The number of anilines is 1. The maximum atomic E-state index is 14.8. The second kappa shape index (κ2) is 37.7. The number of likely N-dealkylation sites (tertiary alicyclic amines) is 2. The molecule has 0 spiro atoms. The number of nitrogens with two attached hydrogens (primary N) is 1.